The number of rotatable bonds is 31. The van der Waals surface area contributed by atoms with Gasteiger partial charge in [0, 0.05) is 32.7 Å². The van der Waals surface area contributed by atoms with Crippen molar-refractivity contribution in [2.24, 2.45) is 0 Å². The van der Waals surface area contributed by atoms with E-state index in [2.05, 4.69) is 15.2 Å². The second kappa shape index (κ2) is 27.8. The van der Waals surface area contributed by atoms with Gasteiger partial charge in [0.25, 0.3) is 10.1 Å². The Bertz CT molecular complexity index is 1420. The number of hydrogen-bond acceptors (Lipinski definition) is 16. The Morgan fingerprint density at radius 1 is 0.643 bits per heavy atom. The summed E-state index contributed by atoms with van der Waals surface area (Å²) in [4.78, 5) is 16.4. The van der Waals surface area contributed by atoms with Crippen molar-refractivity contribution < 1.29 is 60.0 Å². The average molecular weight is 818 g/mol. The Labute approximate surface area is 332 Å². The van der Waals surface area contributed by atoms with Crippen molar-refractivity contribution in [3.8, 4) is 0 Å². The van der Waals surface area contributed by atoms with Gasteiger partial charge in [0.1, 0.15) is 11.3 Å². The first-order valence-electron chi connectivity index (χ1n) is 19.2. The third-order valence-corrected chi connectivity index (χ3v) is 9.21. The highest BCUT2D eigenvalue weighted by Gasteiger charge is 2.25. The summed E-state index contributed by atoms with van der Waals surface area (Å²) in [5.74, 6) is 0. The number of benzene rings is 1. The Balaban J connectivity index is 0.991. The molecule has 1 aromatic heterocycles. The second-order valence-corrected chi connectivity index (χ2v) is 15.3. The molecule has 2 aromatic rings. The highest BCUT2D eigenvalue weighted by Crippen LogP contribution is 2.13. The highest BCUT2D eigenvalue weighted by atomic mass is 32.2. The summed E-state index contributed by atoms with van der Waals surface area (Å²) in [6.07, 6.45) is 1.60. The monoisotopic (exact) mass is 817 g/mol. The maximum Gasteiger partial charge on any atom is 0.410 e. The molecule has 19 heteroatoms. The normalized spacial score (nSPS) is 14.1. The molecule has 1 fully saturated rings. The van der Waals surface area contributed by atoms with Gasteiger partial charge in [-0.1, -0.05) is 22.9 Å². The number of carbonyl (C=O) groups excluding carboxylic acids is 1. The number of ether oxygens (including phenoxy) is 9. The van der Waals surface area contributed by atoms with Crippen molar-refractivity contribution in [3.05, 3.63) is 41.7 Å². The Morgan fingerprint density at radius 2 is 1.11 bits per heavy atom. The lowest BCUT2D eigenvalue weighted by Gasteiger charge is -2.35. The van der Waals surface area contributed by atoms with Crippen molar-refractivity contribution in [2.75, 3.05) is 138 Å². The van der Waals surface area contributed by atoms with Crippen LogP contribution in [0.3, 0.4) is 0 Å². The van der Waals surface area contributed by atoms with Gasteiger partial charge in [-0.05, 0) is 39.8 Å². The minimum Gasteiger partial charge on any atom is -0.444 e. The smallest absolute Gasteiger partial charge is 0.410 e. The first-order valence-corrected chi connectivity index (χ1v) is 20.6. The van der Waals surface area contributed by atoms with Crippen LogP contribution in [0.2, 0.25) is 0 Å². The number of aromatic nitrogens is 3. The largest absolute Gasteiger partial charge is 0.444 e. The van der Waals surface area contributed by atoms with E-state index in [1.807, 2.05) is 33.9 Å². The fraction of sp³-hybridized carbons (Fsp3) is 0.757. The van der Waals surface area contributed by atoms with Gasteiger partial charge in [0.2, 0.25) is 0 Å². The third kappa shape index (κ3) is 22.2. The van der Waals surface area contributed by atoms with Gasteiger partial charge in [-0.2, -0.15) is 8.42 Å². The van der Waals surface area contributed by atoms with Crippen LogP contribution in [0.5, 0.6) is 0 Å². The molecule has 2 heterocycles. The zero-order chi connectivity index (χ0) is 40.3. The van der Waals surface area contributed by atoms with Crippen LogP contribution >= 0.6 is 0 Å². The van der Waals surface area contributed by atoms with Crippen LogP contribution in [-0.2, 0) is 70.1 Å². The van der Waals surface area contributed by atoms with Gasteiger partial charge in [0.05, 0.1) is 130 Å². The molecule has 0 N–H and O–H groups in total. The van der Waals surface area contributed by atoms with Crippen LogP contribution in [0.1, 0.15) is 32.0 Å². The predicted molar refractivity (Wildman–Crippen MR) is 204 cm³/mol. The number of nitrogens with zero attached hydrogens (tertiary/aromatic N) is 5. The van der Waals surface area contributed by atoms with E-state index in [-0.39, 0.29) is 24.2 Å². The molecule has 3 rings (SSSR count). The average Bonchev–Trinajstić information content (AvgIpc) is 3.62. The zero-order valence-corrected chi connectivity index (χ0v) is 34.4. The number of carbonyl (C=O) groups is 1. The van der Waals surface area contributed by atoms with Gasteiger partial charge < -0.3 is 47.5 Å². The van der Waals surface area contributed by atoms with Crippen LogP contribution in [-0.4, -0.2) is 183 Å². The summed E-state index contributed by atoms with van der Waals surface area (Å²) >= 11 is 0. The van der Waals surface area contributed by atoms with Gasteiger partial charge in [-0.15, -0.1) is 5.10 Å². The van der Waals surface area contributed by atoms with Crippen molar-refractivity contribution in [3.63, 3.8) is 0 Å². The molecule has 0 spiro atoms. The van der Waals surface area contributed by atoms with Gasteiger partial charge in [-0.25, -0.2) is 9.48 Å². The fourth-order valence-electron chi connectivity index (χ4n) is 4.92. The van der Waals surface area contributed by atoms with Crippen molar-refractivity contribution >= 4 is 16.2 Å². The van der Waals surface area contributed by atoms with Crippen molar-refractivity contribution in [2.45, 2.75) is 51.3 Å². The van der Waals surface area contributed by atoms with Crippen LogP contribution in [0, 0.1) is 6.92 Å². The first kappa shape index (κ1) is 47.6. The van der Waals surface area contributed by atoms with Crippen LogP contribution < -0.4 is 0 Å². The van der Waals surface area contributed by atoms with E-state index in [1.54, 1.807) is 21.7 Å². The summed E-state index contributed by atoms with van der Waals surface area (Å²) < 4.78 is 80.6. The topological polar surface area (TPSA) is 181 Å². The molecule has 0 unspecified atom stereocenters. The molecule has 0 bridgehead atoms. The van der Waals surface area contributed by atoms with Gasteiger partial charge in [0.15, 0.2) is 0 Å². The van der Waals surface area contributed by atoms with E-state index < -0.39 is 15.7 Å². The van der Waals surface area contributed by atoms with Crippen LogP contribution in [0.25, 0.3) is 0 Å². The maximum absolute atomic E-state index is 12.2. The Hall–Kier alpha value is -2.82. The number of hydrogen-bond donors (Lipinski definition) is 0. The molecule has 18 nitrogen and oxygen atoms in total. The molecule has 1 amide bonds. The van der Waals surface area contributed by atoms with E-state index in [4.69, 9.17) is 46.8 Å². The zero-order valence-electron chi connectivity index (χ0n) is 33.6. The molecule has 320 valence electrons. The molecule has 0 aliphatic carbocycles. The molecular formula is C37H63N5O13S. The van der Waals surface area contributed by atoms with Crippen molar-refractivity contribution in [1.82, 2.24) is 24.8 Å². The molecule has 0 radical (unpaired) electrons. The van der Waals surface area contributed by atoms with Gasteiger partial charge >= 0.3 is 6.09 Å². The summed E-state index contributed by atoms with van der Waals surface area (Å²) in [7, 11) is -3.78. The summed E-state index contributed by atoms with van der Waals surface area (Å²) in [6, 6.07) is 6.48. The second-order valence-electron chi connectivity index (χ2n) is 13.7. The number of aryl methyl sites for hydroxylation is 1. The third-order valence-electron chi connectivity index (χ3n) is 7.88. The van der Waals surface area contributed by atoms with E-state index >= 15 is 0 Å². The molecule has 1 aromatic carbocycles. The van der Waals surface area contributed by atoms with E-state index in [1.165, 1.54) is 12.1 Å². The first-order chi connectivity index (χ1) is 27.0. The maximum atomic E-state index is 12.2. The summed E-state index contributed by atoms with van der Waals surface area (Å²) in [5.41, 5.74) is 1.25. The minimum atomic E-state index is -3.78. The molecule has 0 atom stereocenters. The van der Waals surface area contributed by atoms with Crippen LogP contribution in [0.4, 0.5) is 4.79 Å². The fourth-order valence-corrected chi connectivity index (χ4v) is 5.81. The molecule has 0 saturated carbocycles. The summed E-state index contributed by atoms with van der Waals surface area (Å²) in [5, 5.41) is 8.30. The quantitative estimate of drug-likeness (QED) is 0.0797. The summed E-state index contributed by atoms with van der Waals surface area (Å²) in [6.45, 7) is 18.5. The Morgan fingerprint density at radius 3 is 1.61 bits per heavy atom. The van der Waals surface area contributed by atoms with E-state index in [9.17, 15) is 13.2 Å². The molecule has 1 aliphatic heterocycles. The van der Waals surface area contributed by atoms with Crippen molar-refractivity contribution in [1.29, 1.82) is 0 Å². The molecular weight excluding hydrogens is 754 g/mol. The van der Waals surface area contributed by atoms with Gasteiger partial charge in [-0.3, -0.25) is 9.08 Å². The Kier molecular flexibility index (Phi) is 23.6. The SMILES string of the molecule is Cc1ccc(S(=O)(=O)OCCOCCOCCOCCOCCOCCOCCOCCn2cc(COCCN3CCN(C(=O)OC(C)(C)C)CC3)nn2)cc1. The van der Waals surface area contributed by atoms with Crippen LogP contribution in [0.15, 0.2) is 35.4 Å². The molecule has 56 heavy (non-hydrogen) atoms. The lowest BCUT2D eigenvalue weighted by Crippen LogP contribution is -2.50. The standard InChI is InChI=1S/C37H63N5O13S/c1-33-5-7-35(8-6-33)56(44,45)54-30-29-52-28-27-51-26-25-50-24-23-49-22-21-48-20-19-47-18-17-46-16-14-42-31-34(38-39-42)32-53-15-13-40-9-11-41(12-10-40)36(43)55-37(2,3)4/h5-8,31H,9-30,32H2,1-4H3. The minimum absolute atomic E-state index is 0.0649. The number of amides is 1. The van der Waals surface area contributed by atoms with E-state index in [0.29, 0.717) is 119 Å². The lowest BCUT2D eigenvalue weighted by molar-refractivity contribution is -0.0214. The predicted octanol–water partition coefficient (Wildman–Crippen LogP) is 2.18. The molecule has 1 aliphatic rings. The number of piperazine rings is 1. The highest BCUT2D eigenvalue weighted by molar-refractivity contribution is 7.86. The lowest BCUT2D eigenvalue weighted by atomic mass is 10.2. The molecule has 1 saturated heterocycles. The van der Waals surface area contributed by atoms with E-state index in [0.717, 1.165) is 30.9 Å².